The summed E-state index contributed by atoms with van der Waals surface area (Å²) in [6.07, 6.45) is 5.13. The number of benzene rings is 1. The van der Waals surface area contributed by atoms with E-state index in [1.54, 1.807) is 0 Å². The molecule has 0 saturated carbocycles. The highest BCUT2D eigenvalue weighted by molar-refractivity contribution is 7.80. The lowest BCUT2D eigenvalue weighted by molar-refractivity contribution is -0.155. The maximum Gasteiger partial charge on any atom is 0.320 e. The Balaban J connectivity index is 1.78. The van der Waals surface area contributed by atoms with Crippen molar-refractivity contribution in [2.45, 2.75) is 65.0 Å². The molecule has 1 aromatic heterocycles. The molecule has 3 N–H and O–H groups in total. The van der Waals surface area contributed by atoms with Crippen LogP contribution in [-0.2, 0) is 22.5 Å². The number of nitrogens with zero attached hydrogens (tertiary/aromatic N) is 1. The van der Waals surface area contributed by atoms with Crippen LogP contribution in [0.3, 0.4) is 0 Å². The minimum Gasteiger partial charge on any atom is -0.358 e. The van der Waals surface area contributed by atoms with E-state index in [1.807, 2.05) is 6.07 Å². The number of unbranched alkanes of at least 4 members (excludes halogenated alkanes) is 1. The predicted molar refractivity (Wildman–Crippen MR) is 117 cm³/mol. The molecule has 7 heteroatoms. The third-order valence-corrected chi connectivity index (χ3v) is 5.43. The van der Waals surface area contributed by atoms with Gasteiger partial charge in [-0.1, -0.05) is 27.2 Å². The molecule has 1 atom stereocenters. The summed E-state index contributed by atoms with van der Waals surface area (Å²) in [4.78, 5) is 19.4. The second kappa shape index (κ2) is 9.39. The van der Waals surface area contributed by atoms with Crippen LogP contribution in [0.4, 0.5) is 5.69 Å². The Kier molecular flexibility index (Phi) is 6.91. The number of aromatic amines is 1. The van der Waals surface area contributed by atoms with Crippen molar-refractivity contribution in [2.75, 3.05) is 11.9 Å². The highest BCUT2D eigenvalue weighted by atomic mass is 32.1. The second-order valence-electron chi connectivity index (χ2n) is 7.69. The third kappa shape index (κ3) is 4.83. The number of aryl methyl sites for hydroxylation is 1. The van der Waals surface area contributed by atoms with Crippen molar-refractivity contribution in [1.29, 1.82) is 0 Å². The summed E-state index contributed by atoms with van der Waals surface area (Å²) in [5.41, 5.74) is 4.78. The van der Waals surface area contributed by atoms with Gasteiger partial charge in [0, 0.05) is 34.4 Å². The number of nitrogens with one attached hydrogen (secondary N) is 3. The van der Waals surface area contributed by atoms with E-state index in [-0.39, 0.29) is 0 Å². The summed E-state index contributed by atoms with van der Waals surface area (Å²) in [6.45, 7) is 7.46. The molecule has 28 heavy (non-hydrogen) atoms. The van der Waals surface area contributed by atoms with Crippen LogP contribution < -0.4 is 10.6 Å². The quantitative estimate of drug-likeness (QED) is 0.353. The number of hydrogen-bond donors (Lipinski definition) is 3. The fourth-order valence-electron chi connectivity index (χ4n) is 3.85. The number of hydroxylamine groups is 2. The van der Waals surface area contributed by atoms with Crippen LogP contribution in [0.5, 0.6) is 0 Å². The third-order valence-electron chi connectivity index (χ3n) is 5.12. The normalized spacial score (nSPS) is 16.1. The van der Waals surface area contributed by atoms with Crippen LogP contribution in [0, 0.1) is 0 Å². The SMILES string of the molecule is CCCCN(OC=O)C(=S)Nc1ccc2[nH]c3c(c2c1)CC(NC(C)C)CC3. The van der Waals surface area contributed by atoms with Crippen LogP contribution in [0.1, 0.15) is 51.3 Å². The second-order valence-corrected chi connectivity index (χ2v) is 8.08. The van der Waals surface area contributed by atoms with Crippen molar-refractivity contribution >= 4 is 40.4 Å². The average Bonchev–Trinajstić information content (AvgIpc) is 3.02. The number of anilines is 1. The van der Waals surface area contributed by atoms with Gasteiger partial charge in [0.1, 0.15) is 0 Å². The van der Waals surface area contributed by atoms with Gasteiger partial charge in [0.25, 0.3) is 0 Å². The first-order valence-corrected chi connectivity index (χ1v) is 10.5. The van der Waals surface area contributed by atoms with Gasteiger partial charge in [0.2, 0.25) is 5.11 Å². The minimum atomic E-state index is 0.392. The Morgan fingerprint density at radius 2 is 2.29 bits per heavy atom. The van der Waals surface area contributed by atoms with Gasteiger partial charge in [0.15, 0.2) is 0 Å². The van der Waals surface area contributed by atoms with E-state index in [2.05, 4.69) is 48.5 Å². The first-order valence-electron chi connectivity index (χ1n) is 10.1. The van der Waals surface area contributed by atoms with Crippen molar-refractivity contribution in [3.05, 3.63) is 29.5 Å². The molecule has 0 spiro atoms. The van der Waals surface area contributed by atoms with Crippen LogP contribution in [-0.4, -0.2) is 40.3 Å². The van der Waals surface area contributed by atoms with Gasteiger partial charge < -0.3 is 20.5 Å². The molecular weight excluding hydrogens is 372 g/mol. The highest BCUT2D eigenvalue weighted by Gasteiger charge is 2.23. The zero-order valence-electron chi connectivity index (χ0n) is 16.9. The molecule has 0 radical (unpaired) electrons. The van der Waals surface area contributed by atoms with Gasteiger partial charge in [-0.05, 0) is 61.7 Å². The van der Waals surface area contributed by atoms with Gasteiger partial charge in [0.05, 0.1) is 6.54 Å². The number of H-pyrrole nitrogens is 1. The number of aromatic nitrogens is 1. The zero-order valence-corrected chi connectivity index (χ0v) is 17.7. The van der Waals surface area contributed by atoms with E-state index in [1.165, 1.54) is 21.7 Å². The molecule has 152 valence electrons. The molecule has 0 saturated heterocycles. The molecule has 0 fully saturated rings. The lowest BCUT2D eigenvalue weighted by atomic mass is 9.91. The predicted octanol–water partition coefficient (Wildman–Crippen LogP) is 3.91. The van der Waals surface area contributed by atoms with E-state index < -0.39 is 0 Å². The molecule has 2 aromatic rings. The summed E-state index contributed by atoms with van der Waals surface area (Å²) in [7, 11) is 0. The largest absolute Gasteiger partial charge is 0.358 e. The zero-order chi connectivity index (χ0) is 20.1. The number of thiocarbonyl (C=S) groups is 1. The van der Waals surface area contributed by atoms with E-state index in [0.717, 1.165) is 43.3 Å². The fraction of sp³-hybridized carbons (Fsp3) is 0.524. The topological polar surface area (TPSA) is 69.4 Å². The van der Waals surface area contributed by atoms with Crippen molar-refractivity contribution in [3.63, 3.8) is 0 Å². The molecule has 1 aliphatic carbocycles. The molecule has 0 aliphatic heterocycles. The monoisotopic (exact) mass is 402 g/mol. The molecule has 3 rings (SSSR count). The lowest BCUT2D eigenvalue weighted by Gasteiger charge is -2.25. The molecular formula is C21H30N4O2S. The average molecular weight is 403 g/mol. The molecule has 0 amide bonds. The molecule has 6 nitrogen and oxygen atoms in total. The number of rotatable bonds is 8. The number of fused-ring (bicyclic) bond motifs is 3. The fourth-order valence-corrected chi connectivity index (χ4v) is 4.10. The standard InChI is InChI=1S/C21H30N4O2S/c1-4-5-10-25(27-13-26)21(28)23-16-7-9-20-18(12-16)17-11-15(22-14(2)3)6-8-19(17)24-20/h7,9,12-15,22,24H,4-6,8,10-11H2,1-3H3,(H,23,28). The van der Waals surface area contributed by atoms with Crippen LogP contribution in [0.2, 0.25) is 0 Å². The number of hydrogen-bond acceptors (Lipinski definition) is 4. The van der Waals surface area contributed by atoms with Gasteiger partial charge in [-0.2, -0.15) is 5.06 Å². The van der Waals surface area contributed by atoms with Crippen LogP contribution in [0.15, 0.2) is 18.2 Å². The van der Waals surface area contributed by atoms with Gasteiger partial charge in [-0.25, -0.2) is 0 Å². The lowest BCUT2D eigenvalue weighted by Crippen LogP contribution is -2.38. The summed E-state index contributed by atoms with van der Waals surface area (Å²) in [6, 6.07) is 7.21. The first-order chi connectivity index (χ1) is 13.5. The Bertz CT molecular complexity index is 833. The van der Waals surface area contributed by atoms with E-state index in [9.17, 15) is 4.79 Å². The van der Waals surface area contributed by atoms with E-state index in [0.29, 0.717) is 30.2 Å². The smallest absolute Gasteiger partial charge is 0.320 e. The maximum atomic E-state index is 10.8. The van der Waals surface area contributed by atoms with Gasteiger partial charge in [-0.3, -0.25) is 4.79 Å². The number of carbonyl (C=O) groups excluding carboxylic acids is 1. The van der Waals surface area contributed by atoms with Crippen molar-refractivity contribution in [2.24, 2.45) is 0 Å². The minimum absolute atomic E-state index is 0.392. The van der Waals surface area contributed by atoms with Crippen molar-refractivity contribution in [3.8, 4) is 0 Å². The highest BCUT2D eigenvalue weighted by Crippen LogP contribution is 2.31. The summed E-state index contributed by atoms with van der Waals surface area (Å²) < 4.78 is 0. The number of carbonyl (C=O) groups is 1. The maximum absolute atomic E-state index is 10.8. The van der Waals surface area contributed by atoms with E-state index >= 15 is 0 Å². The van der Waals surface area contributed by atoms with Gasteiger partial charge >= 0.3 is 6.47 Å². The van der Waals surface area contributed by atoms with Crippen molar-refractivity contribution < 1.29 is 9.63 Å². The van der Waals surface area contributed by atoms with Crippen molar-refractivity contribution in [1.82, 2.24) is 15.4 Å². The first kappa shape index (κ1) is 20.6. The summed E-state index contributed by atoms with van der Waals surface area (Å²) in [5, 5.41) is 9.94. The summed E-state index contributed by atoms with van der Waals surface area (Å²) >= 11 is 5.44. The Hall–Kier alpha value is -2.12. The molecule has 1 unspecified atom stereocenters. The molecule has 1 aliphatic rings. The van der Waals surface area contributed by atoms with Crippen LogP contribution in [0.25, 0.3) is 10.9 Å². The molecule has 0 bridgehead atoms. The Labute approximate surface area is 172 Å². The van der Waals surface area contributed by atoms with E-state index in [4.69, 9.17) is 17.1 Å². The molecule has 1 heterocycles. The molecule has 1 aromatic carbocycles. The Morgan fingerprint density at radius 3 is 3.00 bits per heavy atom. The van der Waals surface area contributed by atoms with Gasteiger partial charge in [-0.15, -0.1) is 0 Å². The summed E-state index contributed by atoms with van der Waals surface area (Å²) in [5.74, 6) is 0. The Morgan fingerprint density at radius 1 is 1.46 bits per heavy atom. The van der Waals surface area contributed by atoms with Crippen LogP contribution >= 0.6 is 12.2 Å².